The zero-order valence-electron chi connectivity index (χ0n) is 10.3. The number of aromatic nitrogens is 1. The molecule has 3 nitrogen and oxygen atoms in total. The first-order valence-corrected chi connectivity index (χ1v) is 7.45. The molecule has 3 aromatic rings. The average Bonchev–Trinajstić information content (AvgIpc) is 3.00. The summed E-state index contributed by atoms with van der Waals surface area (Å²) in [4.78, 5) is 18.1. The van der Waals surface area contributed by atoms with Crippen LogP contribution in [0.3, 0.4) is 0 Å². The summed E-state index contributed by atoms with van der Waals surface area (Å²) in [5.74, 6) is 0.942. The third-order valence-electron chi connectivity index (χ3n) is 2.83. The Morgan fingerprint density at radius 2 is 2.11 bits per heavy atom. The maximum Gasteiger partial charge on any atom is 0.177 e. The molecule has 0 fully saturated rings. The summed E-state index contributed by atoms with van der Waals surface area (Å²) in [6.07, 6.45) is 0.414. The van der Waals surface area contributed by atoms with E-state index >= 15 is 0 Å². The molecule has 0 saturated heterocycles. The lowest BCUT2D eigenvalue weighted by Gasteiger charge is -2.02. The van der Waals surface area contributed by atoms with Crippen molar-refractivity contribution in [2.45, 2.75) is 6.42 Å². The first-order valence-electron chi connectivity index (χ1n) is 5.75. The van der Waals surface area contributed by atoms with Gasteiger partial charge in [0.25, 0.3) is 0 Å². The first-order chi connectivity index (χ1) is 9.26. The van der Waals surface area contributed by atoms with Crippen LogP contribution < -0.4 is 4.74 Å². The maximum atomic E-state index is 12.2. The Balaban J connectivity index is 1.78. The molecule has 0 saturated carbocycles. The Morgan fingerprint density at radius 1 is 1.32 bits per heavy atom. The summed E-state index contributed by atoms with van der Waals surface area (Å²) >= 11 is 3.03. The minimum Gasteiger partial charge on any atom is -0.497 e. The van der Waals surface area contributed by atoms with E-state index in [4.69, 9.17) is 4.74 Å². The zero-order chi connectivity index (χ0) is 13.2. The second-order valence-electron chi connectivity index (χ2n) is 4.08. The van der Waals surface area contributed by atoms with E-state index in [-0.39, 0.29) is 5.78 Å². The van der Waals surface area contributed by atoms with E-state index in [1.807, 2.05) is 30.3 Å². The van der Waals surface area contributed by atoms with E-state index in [0.717, 1.165) is 25.7 Å². The fourth-order valence-corrected chi connectivity index (χ4v) is 3.68. The van der Waals surface area contributed by atoms with E-state index in [1.54, 1.807) is 24.0 Å². The normalized spacial score (nSPS) is 10.8. The van der Waals surface area contributed by atoms with E-state index < -0.39 is 0 Å². The number of thiazole rings is 1. The number of hydrogen-bond acceptors (Lipinski definition) is 5. The molecule has 0 aliphatic rings. The van der Waals surface area contributed by atoms with E-state index in [0.29, 0.717) is 6.42 Å². The largest absolute Gasteiger partial charge is 0.497 e. The molecule has 0 N–H and O–H groups in total. The highest BCUT2D eigenvalue weighted by molar-refractivity contribution is 7.27. The van der Waals surface area contributed by atoms with Crippen LogP contribution in [0, 0.1) is 0 Å². The SMILES string of the molecule is COc1ccc(CC(=O)c2cc3scnc3s2)cc1. The minimum absolute atomic E-state index is 0.139. The molecule has 19 heavy (non-hydrogen) atoms. The van der Waals surface area contributed by atoms with Crippen LogP contribution >= 0.6 is 22.7 Å². The topological polar surface area (TPSA) is 39.2 Å². The number of carbonyl (C=O) groups excluding carboxylic acids is 1. The number of thiophene rings is 1. The molecule has 0 unspecified atom stereocenters. The van der Waals surface area contributed by atoms with Crippen molar-refractivity contribution >= 4 is 38.0 Å². The Labute approximate surface area is 118 Å². The molecule has 0 bridgehead atoms. The quantitative estimate of drug-likeness (QED) is 0.686. The fourth-order valence-electron chi connectivity index (χ4n) is 1.82. The van der Waals surface area contributed by atoms with Crippen molar-refractivity contribution in [3.8, 4) is 5.75 Å². The Bertz CT molecular complexity index is 684. The molecule has 0 aliphatic carbocycles. The van der Waals surface area contributed by atoms with Crippen molar-refractivity contribution < 1.29 is 9.53 Å². The lowest BCUT2D eigenvalue weighted by molar-refractivity contribution is 0.0997. The summed E-state index contributed by atoms with van der Waals surface area (Å²) in [6, 6.07) is 9.52. The molecule has 2 aromatic heterocycles. The van der Waals surface area contributed by atoms with Gasteiger partial charge in [0.05, 0.1) is 22.2 Å². The van der Waals surface area contributed by atoms with Crippen LogP contribution in [0.15, 0.2) is 35.8 Å². The van der Waals surface area contributed by atoms with Crippen molar-refractivity contribution in [1.82, 2.24) is 4.98 Å². The minimum atomic E-state index is 0.139. The number of Topliss-reactive ketones (excluding diaryl/α,β-unsaturated/α-hetero) is 1. The van der Waals surface area contributed by atoms with Crippen molar-refractivity contribution in [3.63, 3.8) is 0 Å². The standard InChI is InChI=1S/C14H11NO2S2/c1-17-10-4-2-9(3-5-10)6-11(16)12-7-13-14(19-12)15-8-18-13/h2-5,7-8H,6H2,1H3. The van der Waals surface area contributed by atoms with Gasteiger partial charge in [-0.05, 0) is 23.8 Å². The van der Waals surface area contributed by atoms with Crippen molar-refractivity contribution in [2.24, 2.45) is 0 Å². The Morgan fingerprint density at radius 3 is 2.79 bits per heavy atom. The summed E-state index contributed by atoms with van der Waals surface area (Å²) in [6.45, 7) is 0. The molecule has 0 atom stereocenters. The third kappa shape index (κ3) is 2.52. The molecule has 0 spiro atoms. The molecule has 5 heteroatoms. The van der Waals surface area contributed by atoms with Crippen molar-refractivity contribution in [1.29, 1.82) is 0 Å². The van der Waals surface area contributed by atoms with E-state index in [9.17, 15) is 4.79 Å². The van der Waals surface area contributed by atoms with Gasteiger partial charge >= 0.3 is 0 Å². The van der Waals surface area contributed by atoms with Crippen LogP contribution in [0.4, 0.5) is 0 Å². The zero-order valence-corrected chi connectivity index (χ0v) is 11.9. The van der Waals surface area contributed by atoms with Crippen LogP contribution in [0.1, 0.15) is 15.2 Å². The third-order valence-corrected chi connectivity index (χ3v) is 4.82. The second kappa shape index (κ2) is 5.11. The molecular weight excluding hydrogens is 278 g/mol. The summed E-state index contributed by atoms with van der Waals surface area (Å²) in [5, 5.41) is 0. The van der Waals surface area contributed by atoms with Crippen LogP contribution in [0.2, 0.25) is 0 Å². The summed E-state index contributed by atoms with van der Waals surface area (Å²) < 4.78 is 6.18. The van der Waals surface area contributed by atoms with Crippen LogP contribution in [-0.4, -0.2) is 17.9 Å². The number of benzene rings is 1. The lowest BCUT2D eigenvalue weighted by Crippen LogP contribution is -2.00. The van der Waals surface area contributed by atoms with Crippen LogP contribution in [0.5, 0.6) is 5.75 Å². The Hall–Kier alpha value is -1.72. The number of ketones is 1. The van der Waals surface area contributed by atoms with E-state index in [2.05, 4.69) is 4.98 Å². The van der Waals surface area contributed by atoms with Gasteiger partial charge in [-0.2, -0.15) is 0 Å². The summed E-state index contributed by atoms with van der Waals surface area (Å²) in [7, 11) is 1.63. The number of nitrogens with zero attached hydrogens (tertiary/aromatic N) is 1. The summed E-state index contributed by atoms with van der Waals surface area (Å²) in [5.41, 5.74) is 2.80. The van der Waals surface area contributed by atoms with Gasteiger partial charge in [-0.25, -0.2) is 4.98 Å². The molecule has 2 heterocycles. The van der Waals surface area contributed by atoms with Gasteiger partial charge in [0.2, 0.25) is 0 Å². The monoisotopic (exact) mass is 289 g/mol. The molecule has 96 valence electrons. The van der Waals surface area contributed by atoms with Crippen molar-refractivity contribution in [3.05, 3.63) is 46.3 Å². The second-order valence-corrected chi connectivity index (χ2v) is 6.00. The van der Waals surface area contributed by atoms with Gasteiger partial charge in [0, 0.05) is 6.42 Å². The lowest BCUT2D eigenvalue weighted by atomic mass is 10.1. The fraction of sp³-hybridized carbons (Fsp3) is 0.143. The van der Waals surface area contributed by atoms with Crippen molar-refractivity contribution in [2.75, 3.05) is 7.11 Å². The predicted octanol–water partition coefficient (Wildman–Crippen LogP) is 3.79. The highest BCUT2D eigenvalue weighted by Gasteiger charge is 2.12. The molecule has 3 rings (SSSR count). The molecule has 0 aliphatic heterocycles. The van der Waals surface area contributed by atoms with Crippen LogP contribution in [0.25, 0.3) is 9.53 Å². The maximum absolute atomic E-state index is 12.2. The first kappa shape index (κ1) is 12.3. The highest BCUT2D eigenvalue weighted by Crippen LogP contribution is 2.28. The van der Waals surface area contributed by atoms with E-state index in [1.165, 1.54) is 11.3 Å². The van der Waals surface area contributed by atoms with Gasteiger partial charge in [0.1, 0.15) is 10.6 Å². The number of ether oxygens (including phenoxy) is 1. The molecular formula is C14H11NO2S2. The van der Waals surface area contributed by atoms with Gasteiger partial charge in [-0.15, -0.1) is 22.7 Å². The van der Waals surface area contributed by atoms with Gasteiger partial charge in [0.15, 0.2) is 5.78 Å². The molecule has 0 amide bonds. The van der Waals surface area contributed by atoms with Gasteiger partial charge in [-0.1, -0.05) is 12.1 Å². The molecule has 0 radical (unpaired) electrons. The van der Waals surface area contributed by atoms with Crippen LogP contribution in [-0.2, 0) is 6.42 Å². The van der Waals surface area contributed by atoms with Gasteiger partial charge in [-0.3, -0.25) is 4.79 Å². The highest BCUT2D eigenvalue weighted by atomic mass is 32.1. The number of rotatable bonds is 4. The number of hydrogen-bond donors (Lipinski definition) is 0. The number of methoxy groups -OCH3 is 1. The van der Waals surface area contributed by atoms with Gasteiger partial charge < -0.3 is 4.74 Å². The predicted molar refractivity (Wildman–Crippen MR) is 78.5 cm³/mol. The smallest absolute Gasteiger partial charge is 0.177 e. The number of carbonyl (C=O) groups is 1. The Kier molecular flexibility index (Phi) is 3.31. The average molecular weight is 289 g/mol. The molecule has 1 aromatic carbocycles. The number of fused-ring (bicyclic) bond motifs is 1.